The molecule has 10 aromatic heterocycles. The highest BCUT2D eigenvalue weighted by molar-refractivity contribution is 7.05. The molecular formula is C55H99N27O4S3. The number of nitrogens with zero attached hydrogens (tertiary/aromatic N) is 25. The number of hydrogen-bond donors (Lipinski definition) is 2. The average molecular weight is 1300 g/mol. The maximum absolute atomic E-state index is 4.86. The lowest BCUT2D eigenvalue weighted by molar-refractivity contribution is 0.302. The minimum absolute atomic E-state index is 0.623. The van der Waals surface area contributed by atoms with Gasteiger partial charge in [0.05, 0.1) is 60.0 Å². The molecular weight excluding hydrogens is 1200 g/mol. The lowest BCUT2D eigenvalue weighted by atomic mass is 10.4. The van der Waals surface area contributed by atoms with Gasteiger partial charge >= 0.3 is 0 Å². The van der Waals surface area contributed by atoms with E-state index in [0.717, 1.165) is 80.6 Å². The third kappa shape index (κ3) is 56.9. The summed E-state index contributed by atoms with van der Waals surface area (Å²) in [5.74, 6) is 7.38. The molecule has 0 bridgehead atoms. The van der Waals surface area contributed by atoms with Crippen molar-refractivity contribution in [3.63, 3.8) is 0 Å². The molecule has 0 unspecified atom stereocenters. The molecule has 0 fully saturated rings. The Bertz CT molecular complexity index is 2680. The molecule has 10 aromatic rings. The van der Waals surface area contributed by atoms with Crippen LogP contribution in [0.25, 0.3) is 0 Å². The van der Waals surface area contributed by atoms with E-state index in [4.69, 9.17) is 4.42 Å². The number of nitrogens with one attached hydrogen (secondary N) is 2. The van der Waals surface area contributed by atoms with Crippen molar-refractivity contribution in [1.29, 1.82) is 0 Å². The van der Waals surface area contributed by atoms with E-state index in [-0.39, 0.29) is 0 Å². The van der Waals surface area contributed by atoms with Crippen LogP contribution in [0.4, 0.5) is 0 Å². The highest BCUT2D eigenvalue weighted by Gasteiger charge is 1.95. The van der Waals surface area contributed by atoms with Crippen LogP contribution in [0, 0.1) is 111 Å². The fourth-order valence-corrected chi connectivity index (χ4v) is 5.60. The second-order valence-electron chi connectivity index (χ2n) is 15.4. The molecule has 0 atom stereocenters. The summed E-state index contributed by atoms with van der Waals surface area (Å²) in [4.78, 5) is 27.2. The number of azo groups is 1. The summed E-state index contributed by atoms with van der Waals surface area (Å²) in [6.45, 7) is 55.1. The highest BCUT2D eigenvalue weighted by atomic mass is 32.1. The number of aliphatic imine (C=N–C) groups is 2. The third-order valence-corrected chi connectivity index (χ3v) is 10.0. The summed E-state index contributed by atoms with van der Waals surface area (Å²) in [5.41, 5.74) is 5.78. The second kappa shape index (κ2) is 61.0. The number of rotatable bonds is 0. The number of amidine groups is 1. The Labute approximate surface area is 538 Å². The van der Waals surface area contributed by atoms with Crippen LogP contribution < -0.4 is 0 Å². The molecule has 0 amide bonds. The Kier molecular flexibility index (Phi) is 61.1. The van der Waals surface area contributed by atoms with Gasteiger partial charge in [-0.3, -0.25) is 14.8 Å². The molecule has 31 nitrogen and oxygen atoms in total. The molecule has 89 heavy (non-hydrogen) atoms. The van der Waals surface area contributed by atoms with Crippen LogP contribution in [-0.4, -0.2) is 139 Å². The highest BCUT2D eigenvalue weighted by Crippen LogP contribution is 2.02. The van der Waals surface area contributed by atoms with E-state index in [1.807, 2.05) is 165 Å². The average Bonchev–Trinajstić information content (AvgIpc) is 4.34. The van der Waals surface area contributed by atoms with Gasteiger partial charge in [-0.2, -0.15) is 58.2 Å². The van der Waals surface area contributed by atoms with Crippen LogP contribution in [0.3, 0.4) is 0 Å². The Balaban J connectivity index is -0.000000285. The summed E-state index contributed by atoms with van der Waals surface area (Å²) in [5, 5.41) is 53.9. The van der Waals surface area contributed by atoms with Crippen LogP contribution >= 0.6 is 34.8 Å². The van der Waals surface area contributed by atoms with Crippen molar-refractivity contribution in [2.24, 2.45) is 27.3 Å². The summed E-state index contributed by atoms with van der Waals surface area (Å²) in [6, 6.07) is 0. The number of hydrogen-bond acceptors (Lipinski definition) is 31. The molecule has 0 spiro atoms. The standard InChI is InChI=1S/4C4H6N2O.3C4H6N2S.2C4H6N2.3C3H5N3.5C2H6/c1-3-5-6-4(2)7-3;2*1-3-5-4(2)7-6-3;1-3-4(2)6-7-5-3;2*1-3-5-4(2)7-6-3;1-3-4(2)6-7-5-3;1-4-5-2-3-6-4;1-4-2-3-5-6-4;1-6-3-2-4-5-6;1-3-4-2-5-6-3;1-3-2-4-6-5-3;5*1-2/h7*1-2H3;2*2H,3H2,1H3;2-3H,1H3;2*2H,1H3,(H,4,5,6);5*1-2H3. The van der Waals surface area contributed by atoms with Crippen LogP contribution in [0.2, 0.25) is 0 Å². The van der Waals surface area contributed by atoms with Crippen molar-refractivity contribution < 1.29 is 18.1 Å². The predicted octanol–water partition coefficient (Wildman–Crippen LogP) is 13.2. The molecule has 0 saturated heterocycles. The molecule has 2 aliphatic heterocycles. The molecule has 0 aliphatic carbocycles. The zero-order chi connectivity index (χ0) is 69.0. The summed E-state index contributed by atoms with van der Waals surface area (Å²) in [6.07, 6.45) is 10.4. The lowest BCUT2D eigenvalue weighted by Crippen LogP contribution is -1.85. The summed E-state index contributed by atoms with van der Waals surface area (Å²) >= 11 is 4.15. The van der Waals surface area contributed by atoms with Gasteiger partial charge in [-0.25, -0.2) is 24.6 Å². The van der Waals surface area contributed by atoms with Crippen molar-refractivity contribution in [2.75, 3.05) is 13.1 Å². The maximum Gasteiger partial charge on any atom is 0.223 e. The van der Waals surface area contributed by atoms with Gasteiger partial charge in [0.2, 0.25) is 23.6 Å². The lowest BCUT2D eigenvalue weighted by Gasteiger charge is -1.75. The Hall–Kier alpha value is -8.66. The normalized spacial score (nSPS) is 9.81. The van der Waals surface area contributed by atoms with E-state index in [9.17, 15) is 0 Å². The SMILES string of the molecule is CC.CC.CC.CC.CC.CC1=CCN=N1.CC1=NCC=N1.Cc1cn[nH]n1.Cc1ncn[nH]1.Cc1nnc(C)o1.Cc1noc(C)n1.Cc1noc(C)n1.Cc1nonc1C.Cc1nsc(C)n1.Cc1nsc(C)n1.Cc1nsnc1C.Cn1ccnn1. The number of allylic oxidation sites excluding steroid dienone is 1. The maximum atomic E-state index is 4.86. The van der Waals surface area contributed by atoms with Crippen molar-refractivity contribution in [1.82, 2.24) is 114 Å². The molecule has 34 heteroatoms. The molecule has 496 valence electrons. The fraction of sp³-hybridized carbons (Fsp3) is 0.564. The van der Waals surface area contributed by atoms with Gasteiger partial charge in [-0.1, -0.05) is 95.1 Å². The van der Waals surface area contributed by atoms with Gasteiger partial charge < -0.3 is 13.5 Å². The van der Waals surface area contributed by atoms with E-state index in [1.54, 1.807) is 71.0 Å². The van der Waals surface area contributed by atoms with E-state index in [1.165, 1.54) is 41.1 Å². The van der Waals surface area contributed by atoms with Gasteiger partial charge in [0.1, 0.15) is 51.0 Å². The van der Waals surface area contributed by atoms with Gasteiger partial charge in [-0.05, 0) is 126 Å². The largest absolute Gasteiger partial charge is 0.426 e. The molecule has 12 heterocycles. The Morgan fingerprint density at radius 1 is 0.539 bits per heavy atom. The smallest absolute Gasteiger partial charge is 0.223 e. The van der Waals surface area contributed by atoms with E-state index < -0.39 is 0 Å². The predicted molar refractivity (Wildman–Crippen MR) is 353 cm³/mol. The summed E-state index contributed by atoms with van der Waals surface area (Å²) < 4.78 is 35.8. The van der Waals surface area contributed by atoms with Crippen molar-refractivity contribution >= 4 is 46.8 Å². The van der Waals surface area contributed by atoms with Crippen LogP contribution in [-0.2, 0) is 7.05 Å². The van der Waals surface area contributed by atoms with E-state index >= 15 is 0 Å². The van der Waals surface area contributed by atoms with Gasteiger partial charge in [0.15, 0.2) is 11.6 Å². The molecule has 0 radical (unpaired) electrons. The summed E-state index contributed by atoms with van der Waals surface area (Å²) in [7, 11) is 1.83. The first kappa shape index (κ1) is 89.1. The first-order valence-electron chi connectivity index (χ1n) is 28.4. The minimum atomic E-state index is 0.623. The zero-order valence-corrected chi connectivity index (χ0v) is 60.4. The van der Waals surface area contributed by atoms with Crippen LogP contribution in [0.1, 0.15) is 174 Å². The molecule has 12 rings (SSSR count). The van der Waals surface area contributed by atoms with Crippen molar-refractivity contribution in [3.8, 4) is 0 Å². The number of aryl methyl sites for hydroxylation is 17. The molecule has 2 N–H and O–H groups in total. The van der Waals surface area contributed by atoms with Gasteiger partial charge in [0, 0.05) is 47.2 Å². The number of H-pyrrole nitrogens is 2. The van der Waals surface area contributed by atoms with E-state index in [0.29, 0.717) is 35.2 Å². The van der Waals surface area contributed by atoms with Gasteiger partial charge in [0.25, 0.3) is 0 Å². The van der Waals surface area contributed by atoms with Crippen LogP contribution in [0.5, 0.6) is 0 Å². The zero-order valence-electron chi connectivity index (χ0n) is 57.9. The Morgan fingerprint density at radius 3 is 1.15 bits per heavy atom. The fourth-order valence-electron chi connectivity index (χ4n) is 4.09. The molecule has 0 saturated carbocycles. The first-order valence-corrected chi connectivity index (χ1v) is 30.7. The second-order valence-corrected chi connectivity index (χ2v) is 17.8. The number of aromatic nitrogens is 23. The van der Waals surface area contributed by atoms with Gasteiger partial charge in [-0.15, -0.1) is 15.3 Å². The Morgan fingerprint density at radius 2 is 1.03 bits per heavy atom. The molecule has 0 aromatic carbocycles. The first-order chi connectivity index (χ1) is 42.5. The minimum Gasteiger partial charge on any atom is -0.426 e. The van der Waals surface area contributed by atoms with E-state index in [2.05, 4.69) is 143 Å². The van der Waals surface area contributed by atoms with Crippen molar-refractivity contribution in [2.45, 2.75) is 194 Å². The topological polar surface area (TPSA) is 396 Å². The third-order valence-electron chi connectivity index (χ3n) is 7.89. The number of aromatic amines is 2. The van der Waals surface area contributed by atoms with Crippen LogP contribution in [0.15, 0.2) is 75.0 Å². The quantitative estimate of drug-likeness (QED) is 0.142. The molecule has 2 aliphatic rings. The van der Waals surface area contributed by atoms with Crippen molar-refractivity contribution in [3.05, 3.63) is 128 Å². The monoisotopic (exact) mass is 1300 g/mol.